The number of aromatic nitrogens is 3. The topological polar surface area (TPSA) is 82.7 Å². The first-order valence-electron chi connectivity index (χ1n) is 8.22. The number of amides is 1. The van der Waals surface area contributed by atoms with Crippen LogP contribution in [0, 0.1) is 0 Å². The van der Waals surface area contributed by atoms with Gasteiger partial charge in [0.25, 0.3) is 0 Å². The van der Waals surface area contributed by atoms with E-state index in [0.29, 0.717) is 11.7 Å². The van der Waals surface area contributed by atoms with Crippen molar-refractivity contribution in [1.29, 1.82) is 0 Å². The van der Waals surface area contributed by atoms with Gasteiger partial charge in [0.1, 0.15) is 5.65 Å². The van der Waals surface area contributed by atoms with Crippen molar-refractivity contribution < 1.29 is 4.79 Å². The Morgan fingerprint density at radius 1 is 1.15 bits per heavy atom. The van der Waals surface area contributed by atoms with Crippen molar-refractivity contribution in [2.75, 3.05) is 11.9 Å². The molecule has 3 heterocycles. The van der Waals surface area contributed by atoms with Gasteiger partial charge >= 0.3 is 0 Å². The van der Waals surface area contributed by atoms with Gasteiger partial charge in [0, 0.05) is 35.3 Å². The Balaban J connectivity index is 1.37. The Kier molecular flexibility index (Phi) is 4.72. The summed E-state index contributed by atoms with van der Waals surface area (Å²) in [6.07, 6.45) is 3.64. The van der Waals surface area contributed by atoms with E-state index in [1.54, 1.807) is 6.20 Å². The Labute approximate surface area is 154 Å². The maximum absolute atomic E-state index is 12.1. The molecular weight excluding hydrogens is 346 g/mol. The molecule has 0 aliphatic heterocycles. The van der Waals surface area contributed by atoms with Crippen LogP contribution in [0.25, 0.3) is 22.3 Å². The lowest BCUT2D eigenvalue weighted by molar-refractivity contribution is -0.115. The first-order chi connectivity index (χ1) is 12.8. The van der Waals surface area contributed by atoms with Crippen LogP contribution >= 0.6 is 11.3 Å². The first kappa shape index (κ1) is 16.4. The van der Waals surface area contributed by atoms with Crippen molar-refractivity contribution in [2.45, 2.75) is 6.54 Å². The van der Waals surface area contributed by atoms with E-state index >= 15 is 0 Å². The maximum atomic E-state index is 12.1. The summed E-state index contributed by atoms with van der Waals surface area (Å²) in [6.45, 7) is 0.889. The zero-order valence-electron chi connectivity index (χ0n) is 13.9. The molecule has 1 aromatic carbocycles. The molecule has 0 unspecified atom stereocenters. The maximum Gasteiger partial charge on any atom is 0.240 e. The number of carbonyl (C=O) groups excluding carboxylic acids is 1. The third-order valence-electron chi connectivity index (χ3n) is 3.94. The second kappa shape index (κ2) is 7.47. The molecule has 130 valence electrons. The number of anilines is 1. The van der Waals surface area contributed by atoms with E-state index < -0.39 is 0 Å². The van der Waals surface area contributed by atoms with Gasteiger partial charge in [-0.05, 0) is 17.7 Å². The summed E-state index contributed by atoms with van der Waals surface area (Å²) in [7, 11) is 0. The molecular formula is C19H17N5OS. The van der Waals surface area contributed by atoms with Crippen molar-refractivity contribution >= 4 is 33.4 Å². The summed E-state index contributed by atoms with van der Waals surface area (Å²) >= 11 is 1.41. The van der Waals surface area contributed by atoms with Crippen LogP contribution in [0.5, 0.6) is 0 Å². The van der Waals surface area contributed by atoms with E-state index in [1.807, 2.05) is 54.0 Å². The summed E-state index contributed by atoms with van der Waals surface area (Å²) in [5, 5.41) is 9.51. The predicted molar refractivity (Wildman–Crippen MR) is 104 cm³/mol. The second-order valence-electron chi connectivity index (χ2n) is 5.78. The van der Waals surface area contributed by atoms with Gasteiger partial charge in [-0.1, -0.05) is 30.3 Å². The smallest absolute Gasteiger partial charge is 0.240 e. The van der Waals surface area contributed by atoms with E-state index in [0.717, 1.165) is 27.9 Å². The standard InChI is InChI=1S/C19H17N5OS/c25-17(11-20-9-13-5-2-1-3-6-13)24-19-23-16(12-26-19)15-10-22-18-14(15)7-4-8-21-18/h1-8,10,12,20H,9,11H2,(H,21,22)(H,23,24,25). The number of aromatic amines is 1. The summed E-state index contributed by atoms with van der Waals surface area (Å²) in [5.74, 6) is -0.109. The highest BCUT2D eigenvalue weighted by atomic mass is 32.1. The lowest BCUT2D eigenvalue weighted by Gasteiger charge is -2.04. The van der Waals surface area contributed by atoms with Crippen LogP contribution in [0.1, 0.15) is 5.56 Å². The third kappa shape index (κ3) is 3.63. The molecule has 4 rings (SSSR count). The molecule has 1 amide bonds. The highest BCUT2D eigenvalue weighted by molar-refractivity contribution is 7.14. The number of hydrogen-bond donors (Lipinski definition) is 3. The molecule has 0 fully saturated rings. The van der Waals surface area contributed by atoms with E-state index in [-0.39, 0.29) is 12.5 Å². The number of H-pyrrole nitrogens is 1. The molecule has 3 N–H and O–H groups in total. The summed E-state index contributed by atoms with van der Waals surface area (Å²) in [6, 6.07) is 13.9. The molecule has 0 aliphatic carbocycles. The quantitative estimate of drug-likeness (QED) is 0.490. The highest BCUT2D eigenvalue weighted by Crippen LogP contribution is 2.30. The molecule has 0 saturated heterocycles. The predicted octanol–water partition coefficient (Wildman–Crippen LogP) is 3.41. The molecule has 4 aromatic rings. The minimum absolute atomic E-state index is 0.109. The van der Waals surface area contributed by atoms with Crippen molar-refractivity contribution in [3.05, 3.63) is 65.8 Å². The molecule has 3 aromatic heterocycles. The van der Waals surface area contributed by atoms with Gasteiger partial charge in [-0.15, -0.1) is 11.3 Å². The van der Waals surface area contributed by atoms with Crippen molar-refractivity contribution in [3.63, 3.8) is 0 Å². The Morgan fingerprint density at radius 2 is 2.04 bits per heavy atom. The van der Waals surface area contributed by atoms with E-state index in [4.69, 9.17) is 0 Å². The van der Waals surface area contributed by atoms with Crippen molar-refractivity contribution in [3.8, 4) is 11.3 Å². The summed E-state index contributed by atoms with van der Waals surface area (Å²) < 4.78 is 0. The van der Waals surface area contributed by atoms with E-state index in [2.05, 4.69) is 25.6 Å². The zero-order valence-corrected chi connectivity index (χ0v) is 14.7. The van der Waals surface area contributed by atoms with Crippen LogP contribution in [0.4, 0.5) is 5.13 Å². The Morgan fingerprint density at radius 3 is 2.92 bits per heavy atom. The number of rotatable bonds is 6. The third-order valence-corrected chi connectivity index (χ3v) is 4.69. The lowest BCUT2D eigenvalue weighted by atomic mass is 10.2. The normalized spacial score (nSPS) is 10.9. The number of pyridine rings is 1. The van der Waals surface area contributed by atoms with E-state index in [1.165, 1.54) is 11.3 Å². The Hall–Kier alpha value is -3.03. The van der Waals surface area contributed by atoms with Crippen molar-refractivity contribution in [1.82, 2.24) is 20.3 Å². The Bertz CT molecular complexity index is 1020. The SMILES string of the molecule is O=C(CNCc1ccccc1)Nc1nc(-c2c[nH]c3ncccc23)cs1. The van der Waals surface area contributed by atoms with E-state index in [9.17, 15) is 4.79 Å². The number of nitrogens with zero attached hydrogens (tertiary/aromatic N) is 2. The molecule has 0 bridgehead atoms. The summed E-state index contributed by atoms with van der Waals surface area (Å²) in [5.41, 5.74) is 3.77. The van der Waals surface area contributed by atoms with Crippen LogP contribution in [0.15, 0.2) is 60.2 Å². The number of hydrogen-bond acceptors (Lipinski definition) is 5. The monoisotopic (exact) mass is 363 g/mol. The molecule has 0 radical (unpaired) electrons. The lowest BCUT2D eigenvalue weighted by Crippen LogP contribution is -2.27. The average Bonchev–Trinajstić information content (AvgIpc) is 3.29. The number of benzene rings is 1. The average molecular weight is 363 g/mol. The fourth-order valence-electron chi connectivity index (χ4n) is 2.70. The molecule has 0 atom stereocenters. The van der Waals surface area contributed by atoms with Gasteiger partial charge in [-0.2, -0.15) is 0 Å². The van der Waals surface area contributed by atoms with Gasteiger partial charge < -0.3 is 15.6 Å². The van der Waals surface area contributed by atoms with Gasteiger partial charge in [0.05, 0.1) is 12.2 Å². The van der Waals surface area contributed by atoms with Crippen LogP contribution in [-0.4, -0.2) is 27.4 Å². The molecule has 7 heteroatoms. The van der Waals surface area contributed by atoms with Gasteiger partial charge in [0.2, 0.25) is 5.91 Å². The molecule has 26 heavy (non-hydrogen) atoms. The van der Waals surface area contributed by atoms with Crippen molar-refractivity contribution in [2.24, 2.45) is 0 Å². The first-order valence-corrected chi connectivity index (χ1v) is 9.10. The molecule has 0 saturated carbocycles. The van der Waals surface area contributed by atoms with Gasteiger partial charge in [-0.25, -0.2) is 9.97 Å². The molecule has 0 aliphatic rings. The fraction of sp³-hybridized carbons (Fsp3) is 0.105. The number of carbonyl (C=O) groups is 1. The minimum atomic E-state index is -0.109. The van der Waals surface area contributed by atoms with Gasteiger partial charge in [0.15, 0.2) is 5.13 Å². The molecule has 6 nitrogen and oxygen atoms in total. The minimum Gasteiger partial charge on any atom is -0.345 e. The summed E-state index contributed by atoms with van der Waals surface area (Å²) in [4.78, 5) is 24.0. The van der Waals surface area contributed by atoms with Crippen LogP contribution in [-0.2, 0) is 11.3 Å². The number of thiazole rings is 1. The van der Waals surface area contributed by atoms with Crippen LogP contribution < -0.4 is 10.6 Å². The van der Waals surface area contributed by atoms with Gasteiger partial charge in [-0.3, -0.25) is 4.79 Å². The second-order valence-corrected chi connectivity index (χ2v) is 6.64. The van der Waals surface area contributed by atoms with Crippen LogP contribution in [0.2, 0.25) is 0 Å². The number of nitrogens with one attached hydrogen (secondary N) is 3. The molecule has 0 spiro atoms. The zero-order chi connectivity index (χ0) is 17.8. The largest absolute Gasteiger partial charge is 0.345 e. The van der Waals surface area contributed by atoms with Crippen LogP contribution in [0.3, 0.4) is 0 Å². The number of fused-ring (bicyclic) bond motifs is 1. The fourth-order valence-corrected chi connectivity index (χ4v) is 3.43. The highest BCUT2D eigenvalue weighted by Gasteiger charge is 2.11.